The van der Waals surface area contributed by atoms with Gasteiger partial charge in [0, 0.05) is 5.39 Å². The zero-order valence-electron chi connectivity index (χ0n) is 22.0. The van der Waals surface area contributed by atoms with E-state index in [1.165, 1.54) is 35.6 Å². The number of aromatic nitrogens is 3. The minimum atomic E-state index is -4.03. The molecule has 1 aliphatic carbocycles. The van der Waals surface area contributed by atoms with Crippen LogP contribution in [-0.2, 0) is 25.9 Å². The molecule has 0 bridgehead atoms. The minimum absolute atomic E-state index is 0.00628. The van der Waals surface area contributed by atoms with Crippen LogP contribution in [0.2, 0.25) is 0 Å². The van der Waals surface area contributed by atoms with Crippen LogP contribution in [0, 0.1) is 0 Å². The number of hydrogen-bond donors (Lipinski definition) is 1. The van der Waals surface area contributed by atoms with Crippen molar-refractivity contribution in [1.29, 1.82) is 0 Å². The van der Waals surface area contributed by atoms with Crippen LogP contribution < -0.4 is 5.32 Å². The lowest BCUT2D eigenvalue weighted by Crippen LogP contribution is -2.34. The van der Waals surface area contributed by atoms with E-state index >= 15 is 0 Å². The fourth-order valence-electron chi connectivity index (χ4n) is 4.79. The maximum absolute atomic E-state index is 13.9. The lowest BCUT2D eigenvalue weighted by Gasteiger charge is -2.22. The third-order valence-corrected chi connectivity index (χ3v) is 8.17. The number of rotatable bonds is 5. The number of ether oxygens (including phenoxy) is 2. The number of benzene rings is 2. The monoisotopic (exact) mass is 548 g/mol. The molecule has 39 heavy (non-hydrogen) atoms. The van der Waals surface area contributed by atoms with E-state index in [1.54, 1.807) is 51.1 Å². The number of methoxy groups -OCH3 is 1. The van der Waals surface area contributed by atoms with Gasteiger partial charge in [0.15, 0.2) is 5.69 Å². The predicted octanol–water partition coefficient (Wildman–Crippen LogP) is 4.63. The number of esters is 1. The minimum Gasteiger partial charge on any atom is -0.464 e. The van der Waals surface area contributed by atoms with Gasteiger partial charge in [-0.3, -0.25) is 4.98 Å². The fraction of sp³-hybridized carbons (Fsp3) is 0.286. The Labute approximate surface area is 226 Å². The highest BCUT2D eigenvalue weighted by Gasteiger charge is 2.31. The second-order valence-electron chi connectivity index (χ2n) is 10.2. The molecule has 2 heterocycles. The fourth-order valence-corrected chi connectivity index (χ4v) is 6.32. The van der Waals surface area contributed by atoms with Gasteiger partial charge in [0.2, 0.25) is 0 Å². The molecular formula is C28H28N4O6S. The van der Waals surface area contributed by atoms with Gasteiger partial charge < -0.3 is 14.8 Å². The molecule has 1 N–H and O–H groups in total. The van der Waals surface area contributed by atoms with E-state index in [9.17, 15) is 18.0 Å². The smallest absolute Gasteiger partial charge is 0.408 e. The molecule has 5 rings (SSSR count). The van der Waals surface area contributed by atoms with Crippen molar-refractivity contribution in [1.82, 2.24) is 19.3 Å². The molecular weight excluding hydrogens is 520 g/mol. The summed E-state index contributed by atoms with van der Waals surface area (Å²) in [6.45, 7) is 5.41. The number of nitrogens with one attached hydrogen (secondary N) is 1. The van der Waals surface area contributed by atoms with Crippen LogP contribution in [0.4, 0.5) is 4.79 Å². The van der Waals surface area contributed by atoms with Crippen LogP contribution in [0.15, 0.2) is 65.8 Å². The Balaban J connectivity index is 1.65. The molecule has 0 spiro atoms. The van der Waals surface area contributed by atoms with Crippen LogP contribution in [0.5, 0.6) is 0 Å². The largest absolute Gasteiger partial charge is 0.464 e. The number of fused-ring (bicyclic) bond motifs is 3. The summed E-state index contributed by atoms with van der Waals surface area (Å²) in [7, 11) is -2.79. The van der Waals surface area contributed by atoms with Crippen molar-refractivity contribution in [2.45, 2.75) is 50.2 Å². The number of carbonyl (C=O) groups is 2. The lowest BCUT2D eigenvalue weighted by atomic mass is 10.0. The Bertz CT molecular complexity index is 1670. The van der Waals surface area contributed by atoms with E-state index in [1.807, 2.05) is 6.07 Å². The number of aryl methyl sites for hydroxylation is 1. The zero-order valence-corrected chi connectivity index (χ0v) is 22.8. The second kappa shape index (κ2) is 9.81. The Morgan fingerprint density at radius 3 is 2.44 bits per heavy atom. The van der Waals surface area contributed by atoms with E-state index in [0.29, 0.717) is 24.1 Å². The summed E-state index contributed by atoms with van der Waals surface area (Å²) < 4.78 is 39.3. The summed E-state index contributed by atoms with van der Waals surface area (Å²) in [5, 5.41) is 3.67. The van der Waals surface area contributed by atoms with Gasteiger partial charge in [-0.15, -0.1) is 0 Å². The van der Waals surface area contributed by atoms with Crippen LogP contribution in [0.25, 0.3) is 22.3 Å². The molecule has 1 aliphatic rings. The maximum Gasteiger partial charge on any atom is 0.408 e. The molecule has 2 aromatic heterocycles. The summed E-state index contributed by atoms with van der Waals surface area (Å²) in [6.07, 6.45) is 3.38. The molecule has 0 radical (unpaired) electrons. The highest BCUT2D eigenvalue weighted by Crippen LogP contribution is 2.40. The van der Waals surface area contributed by atoms with Gasteiger partial charge in [-0.2, -0.15) is 0 Å². The van der Waals surface area contributed by atoms with Crippen LogP contribution in [0.3, 0.4) is 0 Å². The molecule has 2 aromatic carbocycles. The molecule has 202 valence electrons. The van der Waals surface area contributed by atoms with Crippen molar-refractivity contribution in [3.63, 3.8) is 0 Å². The highest BCUT2D eigenvalue weighted by molar-refractivity contribution is 7.90. The average Bonchev–Trinajstić information content (AvgIpc) is 3.49. The Morgan fingerprint density at radius 1 is 1.05 bits per heavy atom. The first kappa shape index (κ1) is 26.4. The summed E-state index contributed by atoms with van der Waals surface area (Å²) in [5.74, 6) is -0.646. The molecule has 1 amide bonds. The van der Waals surface area contributed by atoms with Gasteiger partial charge in [-0.25, -0.2) is 27.0 Å². The van der Waals surface area contributed by atoms with Gasteiger partial charge in [-0.05, 0) is 69.0 Å². The van der Waals surface area contributed by atoms with Crippen molar-refractivity contribution in [2.24, 2.45) is 0 Å². The van der Waals surface area contributed by atoms with Crippen molar-refractivity contribution >= 4 is 33.0 Å². The number of amides is 1. The molecule has 11 heteroatoms. The molecule has 1 atom stereocenters. The molecule has 1 unspecified atom stereocenters. The van der Waals surface area contributed by atoms with Crippen LogP contribution >= 0.6 is 0 Å². The van der Waals surface area contributed by atoms with Crippen molar-refractivity contribution in [2.75, 3.05) is 7.11 Å². The van der Waals surface area contributed by atoms with E-state index < -0.39 is 27.7 Å². The van der Waals surface area contributed by atoms with Crippen LogP contribution in [-0.4, -0.2) is 47.1 Å². The van der Waals surface area contributed by atoms with Gasteiger partial charge in [0.25, 0.3) is 10.0 Å². The molecule has 0 aliphatic heterocycles. The molecule has 0 saturated heterocycles. The normalized spacial score (nSPS) is 15.1. The maximum atomic E-state index is 13.9. The Morgan fingerprint density at radius 2 is 1.79 bits per heavy atom. The van der Waals surface area contributed by atoms with Gasteiger partial charge >= 0.3 is 12.1 Å². The van der Waals surface area contributed by atoms with E-state index in [2.05, 4.69) is 15.3 Å². The highest BCUT2D eigenvalue weighted by atomic mass is 32.2. The lowest BCUT2D eigenvalue weighted by molar-refractivity contribution is 0.0502. The number of alkyl carbamates (subject to hydrolysis) is 1. The first-order chi connectivity index (χ1) is 18.5. The van der Waals surface area contributed by atoms with E-state index in [4.69, 9.17) is 9.47 Å². The topological polar surface area (TPSA) is 129 Å². The summed E-state index contributed by atoms with van der Waals surface area (Å²) >= 11 is 0. The van der Waals surface area contributed by atoms with Crippen molar-refractivity contribution < 1.29 is 27.5 Å². The molecule has 10 nitrogen and oxygen atoms in total. The third kappa shape index (κ3) is 4.97. The summed E-state index contributed by atoms with van der Waals surface area (Å²) in [4.78, 5) is 32.9. The van der Waals surface area contributed by atoms with Crippen molar-refractivity contribution in [3.05, 3.63) is 77.7 Å². The number of carbonyl (C=O) groups excluding carboxylic acids is 2. The Kier molecular flexibility index (Phi) is 6.63. The Hall–Kier alpha value is -4.25. The zero-order chi connectivity index (χ0) is 27.9. The molecule has 4 aromatic rings. The number of nitrogens with zero attached hydrogens (tertiary/aromatic N) is 3. The van der Waals surface area contributed by atoms with E-state index in [0.717, 1.165) is 16.5 Å². The van der Waals surface area contributed by atoms with Crippen LogP contribution in [0.1, 0.15) is 54.8 Å². The summed E-state index contributed by atoms with van der Waals surface area (Å²) in [5.41, 5.74) is 2.27. The van der Waals surface area contributed by atoms with Gasteiger partial charge in [-0.1, -0.05) is 24.3 Å². The van der Waals surface area contributed by atoms with E-state index in [-0.39, 0.29) is 22.3 Å². The average molecular weight is 549 g/mol. The molecule has 0 fully saturated rings. The quantitative estimate of drug-likeness (QED) is 0.357. The first-order valence-corrected chi connectivity index (χ1v) is 13.8. The van der Waals surface area contributed by atoms with Crippen molar-refractivity contribution in [3.8, 4) is 11.4 Å². The standard InChI is InChI=1S/C28H28N4O6S/c1-28(2,3)38-27(34)31-21-12-10-18-19(21)11-13-24-20(18)14-25(22-15-30-23(16-29-22)26(33)37-4)32(24)39(35,36)17-8-6-5-7-9-17/h5-9,11,13-16,21H,10,12H2,1-4H3,(H,31,34). The third-order valence-electron chi connectivity index (χ3n) is 6.43. The first-order valence-electron chi connectivity index (χ1n) is 12.4. The predicted molar refractivity (Wildman–Crippen MR) is 144 cm³/mol. The van der Waals surface area contributed by atoms with Gasteiger partial charge in [0.05, 0.1) is 41.7 Å². The SMILES string of the molecule is COC(=O)c1cnc(-c2cc3c4c(ccc3n2S(=O)(=O)c2ccccc2)C(NC(=O)OC(C)(C)C)CC4)cn1. The number of hydrogen-bond acceptors (Lipinski definition) is 8. The molecule has 0 saturated carbocycles. The van der Waals surface area contributed by atoms with Gasteiger partial charge in [0.1, 0.15) is 11.3 Å². The second-order valence-corrected chi connectivity index (χ2v) is 12.0. The summed E-state index contributed by atoms with van der Waals surface area (Å²) in [6, 6.07) is 13.2.